The monoisotopic (exact) mass is 247 g/mol. The summed E-state index contributed by atoms with van der Waals surface area (Å²) in [5, 5.41) is 2.74. The minimum absolute atomic E-state index is 0.0738. The SMILES string of the molecule is CCc1ccccc1Oc1nc(NC)ncc1F. The minimum Gasteiger partial charge on any atom is -0.436 e. The number of anilines is 1. The molecule has 0 atom stereocenters. The first-order valence-electron chi connectivity index (χ1n) is 5.70. The molecule has 94 valence electrons. The lowest BCUT2D eigenvalue weighted by Gasteiger charge is -2.10. The zero-order valence-corrected chi connectivity index (χ0v) is 10.3. The Morgan fingerprint density at radius 3 is 2.83 bits per heavy atom. The summed E-state index contributed by atoms with van der Waals surface area (Å²) in [5.74, 6) is 0.273. The van der Waals surface area contributed by atoms with Crippen LogP contribution in [0.2, 0.25) is 0 Å². The van der Waals surface area contributed by atoms with Crippen LogP contribution in [-0.2, 0) is 6.42 Å². The average molecular weight is 247 g/mol. The van der Waals surface area contributed by atoms with Crippen LogP contribution in [0.3, 0.4) is 0 Å². The molecule has 1 aromatic heterocycles. The summed E-state index contributed by atoms with van der Waals surface area (Å²) in [6, 6.07) is 7.49. The summed E-state index contributed by atoms with van der Waals surface area (Å²) in [7, 11) is 1.66. The average Bonchev–Trinajstić information content (AvgIpc) is 2.42. The van der Waals surface area contributed by atoms with Crippen LogP contribution in [0.1, 0.15) is 12.5 Å². The van der Waals surface area contributed by atoms with Crippen molar-refractivity contribution in [3.63, 3.8) is 0 Å². The number of rotatable bonds is 4. The summed E-state index contributed by atoms with van der Waals surface area (Å²) in [6.07, 6.45) is 1.89. The molecule has 18 heavy (non-hydrogen) atoms. The molecular weight excluding hydrogens is 233 g/mol. The summed E-state index contributed by atoms with van der Waals surface area (Å²) < 4.78 is 19.1. The molecule has 0 aliphatic heterocycles. The predicted molar refractivity (Wildman–Crippen MR) is 67.4 cm³/mol. The van der Waals surface area contributed by atoms with Gasteiger partial charge in [-0.1, -0.05) is 25.1 Å². The zero-order chi connectivity index (χ0) is 13.0. The van der Waals surface area contributed by atoms with Crippen molar-refractivity contribution in [2.24, 2.45) is 0 Å². The van der Waals surface area contributed by atoms with Crippen molar-refractivity contribution in [3.8, 4) is 11.6 Å². The van der Waals surface area contributed by atoms with Gasteiger partial charge in [-0.05, 0) is 18.1 Å². The Labute approximate surface area is 105 Å². The van der Waals surface area contributed by atoms with Gasteiger partial charge in [0.05, 0.1) is 6.20 Å². The zero-order valence-electron chi connectivity index (χ0n) is 10.3. The normalized spacial score (nSPS) is 10.2. The van der Waals surface area contributed by atoms with E-state index >= 15 is 0 Å². The molecule has 0 unspecified atom stereocenters. The van der Waals surface area contributed by atoms with E-state index in [0.29, 0.717) is 11.7 Å². The van der Waals surface area contributed by atoms with E-state index in [4.69, 9.17) is 4.74 Å². The molecule has 5 heteroatoms. The van der Waals surface area contributed by atoms with Crippen LogP contribution in [0.5, 0.6) is 11.6 Å². The minimum atomic E-state index is -0.583. The molecule has 0 amide bonds. The topological polar surface area (TPSA) is 47.0 Å². The number of hydrogen-bond donors (Lipinski definition) is 1. The van der Waals surface area contributed by atoms with Crippen LogP contribution in [0.25, 0.3) is 0 Å². The predicted octanol–water partition coefficient (Wildman–Crippen LogP) is 3.01. The number of benzene rings is 1. The lowest BCUT2D eigenvalue weighted by molar-refractivity contribution is 0.417. The number of nitrogens with one attached hydrogen (secondary N) is 1. The van der Waals surface area contributed by atoms with E-state index in [1.54, 1.807) is 13.1 Å². The van der Waals surface area contributed by atoms with Gasteiger partial charge in [-0.3, -0.25) is 0 Å². The molecule has 0 fully saturated rings. The van der Waals surface area contributed by atoms with Crippen LogP contribution in [0.4, 0.5) is 10.3 Å². The lowest BCUT2D eigenvalue weighted by Crippen LogP contribution is -2.01. The van der Waals surface area contributed by atoms with Gasteiger partial charge in [0.25, 0.3) is 5.88 Å². The van der Waals surface area contributed by atoms with Crippen LogP contribution in [0.15, 0.2) is 30.5 Å². The summed E-state index contributed by atoms with van der Waals surface area (Å²) in [5.41, 5.74) is 1.00. The van der Waals surface area contributed by atoms with Gasteiger partial charge >= 0.3 is 0 Å². The number of ether oxygens (including phenoxy) is 1. The Kier molecular flexibility index (Phi) is 3.72. The van der Waals surface area contributed by atoms with Crippen molar-refractivity contribution in [3.05, 3.63) is 41.8 Å². The fourth-order valence-electron chi connectivity index (χ4n) is 1.54. The maximum atomic E-state index is 13.5. The van der Waals surface area contributed by atoms with E-state index in [0.717, 1.165) is 18.2 Å². The van der Waals surface area contributed by atoms with Crippen molar-refractivity contribution in [1.82, 2.24) is 9.97 Å². The van der Waals surface area contributed by atoms with Crippen LogP contribution >= 0.6 is 0 Å². The number of hydrogen-bond acceptors (Lipinski definition) is 4. The number of aryl methyl sites for hydroxylation is 1. The molecule has 0 aliphatic carbocycles. The van der Waals surface area contributed by atoms with E-state index in [9.17, 15) is 4.39 Å². The van der Waals surface area contributed by atoms with Crippen molar-refractivity contribution < 1.29 is 9.13 Å². The van der Waals surface area contributed by atoms with Gasteiger partial charge in [0, 0.05) is 7.05 Å². The number of aromatic nitrogens is 2. The van der Waals surface area contributed by atoms with Gasteiger partial charge in [-0.15, -0.1) is 0 Å². The van der Waals surface area contributed by atoms with E-state index < -0.39 is 5.82 Å². The Morgan fingerprint density at radius 1 is 1.33 bits per heavy atom. The summed E-state index contributed by atoms with van der Waals surface area (Å²) in [6.45, 7) is 2.01. The molecule has 2 rings (SSSR count). The third-order valence-corrected chi connectivity index (χ3v) is 2.50. The highest BCUT2D eigenvalue weighted by Gasteiger charge is 2.10. The van der Waals surface area contributed by atoms with Crippen molar-refractivity contribution in [2.75, 3.05) is 12.4 Å². The van der Waals surface area contributed by atoms with Crippen LogP contribution in [-0.4, -0.2) is 17.0 Å². The molecule has 2 aromatic rings. The molecule has 1 heterocycles. The molecule has 0 bridgehead atoms. The smallest absolute Gasteiger partial charge is 0.260 e. The number of halogens is 1. The van der Waals surface area contributed by atoms with Crippen LogP contribution in [0, 0.1) is 5.82 Å². The number of nitrogens with zero attached hydrogens (tertiary/aromatic N) is 2. The summed E-state index contributed by atoms with van der Waals surface area (Å²) >= 11 is 0. The molecule has 0 aliphatic rings. The molecule has 0 saturated heterocycles. The largest absolute Gasteiger partial charge is 0.436 e. The standard InChI is InChI=1S/C13H14FN3O/c1-3-9-6-4-5-7-11(9)18-12-10(14)8-16-13(15-2)17-12/h4-8H,3H2,1-2H3,(H,15,16,17). The maximum Gasteiger partial charge on any atom is 0.260 e. The lowest BCUT2D eigenvalue weighted by atomic mass is 10.1. The maximum absolute atomic E-state index is 13.5. The molecule has 0 radical (unpaired) electrons. The van der Waals surface area contributed by atoms with Gasteiger partial charge in [-0.2, -0.15) is 9.37 Å². The van der Waals surface area contributed by atoms with E-state index in [2.05, 4.69) is 15.3 Å². The Morgan fingerprint density at radius 2 is 2.11 bits per heavy atom. The second kappa shape index (κ2) is 5.44. The van der Waals surface area contributed by atoms with Gasteiger partial charge in [0.15, 0.2) is 0 Å². The molecule has 0 saturated carbocycles. The Bertz CT molecular complexity index is 546. The highest BCUT2D eigenvalue weighted by molar-refractivity contribution is 5.37. The third-order valence-electron chi connectivity index (χ3n) is 2.50. The summed E-state index contributed by atoms with van der Waals surface area (Å²) in [4.78, 5) is 7.71. The first-order valence-corrected chi connectivity index (χ1v) is 5.70. The fraction of sp³-hybridized carbons (Fsp3) is 0.231. The van der Waals surface area contributed by atoms with Crippen LogP contribution < -0.4 is 10.1 Å². The Balaban J connectivity index is 2.33. The Hall–Kier alpha value is -2.17. The highest BCUT2D eigenvalue weighted by Crippen LogP contribution is 2.26. The second-order valence-corrected chi connectivity index (χ2v) is 3.66. The van der Waals surface area contributed by atoms with Crippen molar-refractivity contribution >= 4 is 5.95 Å². The molecule has 4 nitrogen and oxygen atoms in total. The molecular formula is C13H14FN3O. The second-order valence-electron chi connectivity index (χ2n) is 3.66. The number of para-hydroxylation sites is 1. The highest BCUT2D eigenvalue weighted by atomic mass is 19.1. The van der Waals surface area contributed by atoms with Gasteiger partial charge in [0.2, 0.25) is 11.8 Å². The van der Waals surface area contributed by atoms with E-state index in [-0.39, 0.29) is 5.88 Å². The quantitative estimate of drug-likeness (QED) is 0.902. The van der Waals surface area contributed by atoms with Gasteiger partial charge in [-0.25, -0.2) is 4.98 Å². The first-order chi connectivity index (χ1) is 8.74. The third kappa shape index (κ3) is 2.56. The molecule has 0 spiro atoms. The fourth-order valence-corrected chi connectivity index (χ4v) is 1.54. The van der Waals surface area contributed by atoms with Crippen molar-refractivity contribution in [1.29, 1.82) is 0 Å². The molecule has 1 N–H and O–H groups in total. The first kappa shape index (κ1) is 12.3. The van der Waals surface area contributed by atoms with E-state index in [1.165, 1.54) is 0 Å². The van der Waals surface area contributed by atoms with Crippen molar-refractivity contribution in [2.45, 2.75) is 13.3 Å². The van der Waals surface area contributed by atoms with Gasteiger partial charge < -0.3 is 10.1 Å². The molecule has 1 aromatic carbocycles. The van der Waals surface area contributed by atoms with Gasteiger partial charge in [0.1, 0.15) is 5.75 Å². The van der Waals surface area contributed by atoms with E-state index in [1.807, 2.05) is 25.1 Å².